The first kappa shape index (κ1) is 30.7. The summed E-state index contributed by atoms with van der Waals surface area (Å²) in [7, 11) is 1.63. The number of rotatable bonds is 19. The Morgan fingerprint density at radius 1 is 0.897 bits per heavy atom. The summed E-state index contributed by atoms with van der Waals surface area (Å²) in [6.07, 6.45) is 15.6. The van der Waals surface area contributed by atoms with Crippen molar-refractivity contribution in [1.82, 2.24) is 0 Å². The number of benzene rings is 2. The predicted octanol–water partition coefficient (Wildman–Crippen LogP) is 8.73. The molecular weight excluding hydrogens is 504 g/mol. The van der Waals surface area contributed by atoms with Crippen molar-refractivity contribution in [2.75, 3.05) is 19.0 Å². The first-order valence-electron chi connectivity index (χ1n) is 14.7. The van der Waals surface area contributed by atoms with Crippen LogP contribution >= 0.6 is 11.3 Å². The highest BCUT2D eigenvalue weighted by atomic mass is 32.1. The molecule has 0 atom stereocenters. The van der Waals surface area contributed by atoms with E-state index in [1.54, 1.807) is 24.5 Å². The van der Waals surface area contributed by atoms with E-state index in [-0.39, 0.29) is 5.91 Å². The van der Waals surface area contributed by atoms with Crippen LogP contribution in [0.25, 0.3) is 0 Å². The van der Waals surface area contributed by atoms with Gasteiger partial charge in [0.15, 0.2) is 12.2 Å². The molecule has 5 nitrogen and oxygen atoms in total. The van der Waals surface area contributed by atoms with Gasteiger partial charge in [0, 0.05) is 18.6 Å². The molecule has 0 spiro atoms. The van der Waals surface area contributed by atoms with Crippen molar-refractivity contribution in [3.63, 3.8) is 0 Å². The Morgan fingerprint density at radius 2 is 1.56 bits per heavy atom. The summed E-state index contributed by atoms with van der Waals surface area (Å²) in [6, 6.07) is 13.4. The number of nitrogens with one attached hydrogen (secondary N) is 1. The number of thiazole rings is 1. The predicted molar refractivity (Wildman–Crippen MR) is 162 cm³/mol. The molecule has 1 N–H and O–H groups in total. The Morgan fingerprint density at radius 3 is 2.21 bits per heavy atom. The molecule has 2 aromatic carbocycles. The van der Waals surface area contributed by atoms with Gasteiger partial charge in [-0.15, -0.1) is 0 Å². The van der Waals surface area contributed by atoms with E-state index < -0.39 is 0 Å². The average Bonchev–Trinajstić information content (AvgIpc) is 3.36. The Balaban J connectivity index is 1.47. The Hall–Kier alpha value is -2.86. The zero-order chi connectivity index (χ0) is 27.7. The molecule has 0 radical (unpaired) electrons. The van der Waals surface area contributed by atoms with Crippen LogP contribution in [0.5, 0.6) is 11.5 Å². The number of anilines is 1. The highest BCUT2D eigenvalue weighted by Crippen LogP contribution is 2.27. The number of carbonyl (C=O) groups is 1. The van der Waals surface area contributed by atoms with Crippen LogP contribution in [-0.4, -0.2) is 19.6 Å². The Bertz CT molecular complexity index is 1130. The number of nitrogens with zero attached hydrogens (tertiary/aromatic N) is 1. The average molecular weight is 552 g/mol. The minimum Gasteiger partial charge on any atom is -0.497 e. The van der Waals surface area contributed by atoms with E-state index in [4.69, 9.17) is 9.47 Å². The normalized spacial score (nSPS) is 10.9. The van der Waals surface area contributed by atoms with E-state index in [9.17, 15) is 4.79 Å². The number of carbonyl (C=O) groups excluding carboxylic acids is 1. The number of aryl methyl sites for hydroxylation is 1. The summed E-state index contributed by atoms with van der Waals surface area (Å²) in [5, 5.41) is 5.24. The third-order valence-corrected chi connectivity index (χ3v) is 8.03. The van der Waals surface area contributed by atoms with Gasteiger partial charge in [0.25, 0.3) is 5.91 Å². The second-order valence-corrected chi connectivity index (χ2v) is 11.1. The lowest BCUT2D eigenvalue weighted by molar-refractivity contribution is -0.689. The lowest BCUT2D eigenvalue weighted by Gasteiger charge is -2.14. The second-order valence-electron chi connectivity index (χ2n) is 10.3. The number of hydrogen-bond donors (Lipinski definition) is 1. The third kappa shape index (κ3) is 10.7. The number of para-hydroxylation sites is 1. The van der Waals surface area contributed by atoms with Crippen LogP contribution in [0.1, 0.15) is 106 Å². The Labute approximate surface area is 239 Å². The van der Waals surface area contributed by atoms with Crippen LogP contribution in [0.3, 0.4) is 0 Å². The number of aromatic nitrogens is 1. The monoisotopic (exact) mass is 551 g/mol. The van der Waals surface area contributed by atoms with Crippen molar-refractivity contribution in [2.24, 2.45) is 0 Å². The molecule has 0 saturated heterocycles. The number of methoxy groups -OCH3 is 1. The maximum absolute atomic E-state index is 13.4. The Kier molecular flexibility index (Phi) is 13.9. The fourth-order valence-electron chi connectivity index (χ4n) is 4.73. The summed E-state index contributed by atoms with van der Waals surface area (Å²) in [6.45, 7) is 5.66. The quantitative estimate of drug-likeness (QED) is 0.120. The zero-order valence-electron chi connectivity index (χ0n) is 24.2. The fraction of sp³-hybridized carbons (Fsp3) is 0.515. The highest BCUT2D eigenvalue weighted by Gasteiger charge is 2.17. The molecule has 1 aromatic heterocycles. The largest absolute Gasteiger partial charge is 0.497 e. The van der Waals surface area contributed by atoms with Crippen LogP contribution in [0.15, 0.2) is 53.4 Å². The molecule has 0 fully saturated rings. The molecule has 3 aromatic rings. The van der Waals surface area contributed by atoms with Gasteiger partial charge in [0.05, 0.1) is 30.3 Å². The van der Waals surface area contributed by atoms with Gasteiger partial charge in [-0.25, -0.2) is 0 Å². The van der Waals surface area contributed by atoms with E-state index in [1.165, 1.54) is 69.9 Å². The summed E-state index contributed by atoms with van der Waals surface area (Å²) in [5.74, 6) is 1.07. The molecule has 0 aliphatic carbocycles. The van der Waals surface area contributed by atoms with Gasteiger partial charge in [0.2, 0.25) is 5.51 Å². The van der Waals surface area contributed by atoms with Crippen LogP contribution in [0.2, 0.25) is 0 Å². The van der Waals surface area contributed by atoms with Crippen LogP contribution in [0.4, 0.5) is 5.69 Å². The molecule has 0 aliphatic rings. The van der Waals surface area contributed by atoms with Crippen molar-refractivity contribution in [3.05, 3.63) is 70.2 Å². The maximum Gasteiger partial charge on any atom is 0.259 e. The molecule has 3 rings (SSSR count). The zero-order valence-corrected chi connectivity index (χ0v) is 25.0. The number of hydrogen-bond acceptors (Lipinski definition) is 4. The summed E-state index contributed by atoms with van der Waals surface area (Å²) in [4.78, 5) is 13.4. The molecule has 1 heterocycles. The molecule has 6 heteroatoms. The first-order valence-corrected chi connectivity index (χ1v) is 15.7. The lowest BCUT2D eigenvalue weighted by atomic mass is 10.1. The van der Waals surface area contributed by atoms with Gasteiger partial charge in [-0.05, 0) is 24.6 Å². The van der Waals surface area contributed by atoms with Crippen LogP contribution in [0, 0.1) is 6.92 Å². The smallest absolute Gasteiger partial charge is 0.259 e. The topological polar surface area (TPSA) is 51.4 Å². The van der Waals surface area contributed by atoms with Crippen LogP contribution in [-0.2, 0) is 6.54 Å². The molecule has 212 valence electrons. The van der Waals surface area contributed by atoms with Crippen molar-refractivity contribution in [2.45, 2.75) is 97.4 Å². The highest BCUT2D eigenvalue weighted by molar-refractivity contribution is 7.07. The van der Waals surface area contributed by atoms with Crippen molar-refractivity contribution in [1.29, 1.82) is 0 Å². The molecule has 0 saturated carbocycles. The standard InChI is InChI=1S/C33H46N2O3S/c1-4-5-6-7-8-9-10-11-12-13-14-17-22-38-32-23-29(37-3)20-21-30(32)33(36)34-31-19-16-15-18-28(31)24-35-26-39-25-27(35)2/h15-16,18-21,23,25-26H,4-14,17,22,24H2,1-3H3/p+1. The van der Waals surface area contributed by atoms with Crippen molar-refractivity contribution >= 4 is 22.9 Å². The minimum absolute atomic E-state index is 0.179. The van der Waals surface area contributed by atoms with E-state index >= 15 is 0 Å². The molecular formula is C33H47N2O3S+. The van der Waals surface area contributed by atoms with Gasteiger partial charge >= 0.3 is 0 Å². The lowest BCUT2D eigenvalue weighted by Crippen LogP contribution is -2.34. The van der Waals surface area contributed by atoms with E-state index in [0.29, 0.717) is 30.2 Å². The van der Waals surface area contributed by atoms with E-state index in [0.717, 1.165) is 24.1 Å². The molecule has 0 bridgehead atoms. The van der Waals surface area contributed by atoms with Gasteiger partial charge in [-0.2, -0.15) is 4.57 Å². The molecule has 1 amide bonds. The van der Waals surface area contributed by atoms with Gasteiger partial charge < -0.3 is 14.8 Å². The summed E-state index contributed by atoms with van der Waals surface area (Å²) < 4.78 is 13.7. The van der Waals surface area contributed by atoms with Crippen molar-refractivity contribution < 1.29 is 18.8 Å². The number of ether oxygens (including phenoxy) is 2. The first-order chi connectivity index (χ1) is 19.1. The fourth-order valence-corrected chi connectivity index (χ4v) is 5.51. The number of unbranched alkanes of at least 4 members (excludes halogenated alkanes) is 11. The van der Waals surface area contributed by atoms with Crippen LogP contribution < -0.4 is 19.4 Å². The molecule has 0 aliphatic heterocycles. The van der Waals surface area contributed by atoms with Gasteiger partial charge in [-0.1, -0.05) is 107 Å². The van der Waals surface area contributed by atoms with E-state index in [1.807, 2.05) is 30.3 Å². The molecule has 0 unspecified atom stereocenters. The number of amides is 1. The van der Waals surface area contributed by atoms with E-state index in [2.05, 4.69) is 40.7 Å². The SMILES string of the molecule is CCCCCCCCCCCCCCOc1cc(OC)ccc1C(=O)Nc1ccccc1C[n+]1cscc1C. The summed E-state index contributed by atoms with van der Waals surface area (Å²) in [5.41, 5.74) is 5.68. The summed E-state index contributed by atoms with van der Waals surface area (Å²) >= 11 is 1.67. The van der Waals surface area contributed by atoms with Crippen molar-refractivity contribution in [3.8, 4) is 11.5 Å². The molecule has 39 heavy (non-hydrogen) atoms. The third-order valence-electron chi connectivity index (χ3n) is 7.17. The second kappa shape index (κ2) is 17.7. The van der Waals surface area contributed by atoms with Gasteiger partial charge in [-0.3, -0.25) is 4.79 Å². The van der Waals surface area contributed by atoms with Gasteiger partial charge in [0.1, 0.15) is 11.5 Å². The minimum atomic E-state index is -0.179. The maximum atomic E-state index is 13.4.